The number of urea groups is 1. The second-order valence-electron chi connectivity index (χ2n) is 5.47. The number of benzene rings is 1. The van der Waals surface area contributed by atoms with Crippen molar-refractivity contribution in [2.75, 3.05) is 13.1 Å². The van der Waals surface area contributed by atoms with Gasteiger partial charge in [-0.05, 0) is 0 Å². The largest absolute Gasteiger partial charge is 0.405 e. The summed E-state index contributed by atoms with van der Waals surface area (Å²) in [6.07, 6.45) is -4.51. The first-order chi connectivity index (χ1) is 10.7. The number of halogens is 3. The predicted molar refractivity (Wildman–Crippen MR) is 78.4 cm³/mol. The number of imide groups is 1. The smallest absolute Gasteiger partial charge is 0.332 e. The fourth-order valence-corrected chi connectivity index (χ4v) is 2.10. The number of carbonyl (C=O) groups is 2. The van der Waals surface area contributed by atoms with Gasteiger partial charge in [0.2, 0.25) is 0 Å². The molecule has 0 aliphatic rings. The van der Waals surface area contributed by atoms with E-state index in [0.29, 0.717) is 0 Å². The van der Waals surface area contributed by atoms with Gasteiger partial charge < -0.3 is 10.6 Å². The average Bonchev–Trinajstić information content (AvgIpc) is 2.45. The molecule has 0 unspecified atom stereocenters. The van der Waals surface area contributed by atoms with Crippen molar-refractivity contribution in [3.05, 3.63) is 35.9 Å². The van der Waals surface area contributed by atoms with E-state index in [9.17, 15) is 22.8 Å². The number of hydrogen-bond donors (Lipinski definition) is 3. The third-order valence-electron chi connectivity index (χ3n) is 3.16. The number of hydrogen-bond acceptors (Lipinski definition) is 2. The molecule has 0 saturated heterocycles. The van der Waals surface area contributed by atoms with Crippen LogP contribution in [0.25, 0.3) is 0 Å². The molecular formula is C15H21F3N3O2+. The van der Waals surface area contributed by atoms with Gasteiger partial charge in [0, 0.05) is 11.5 Å². The standard InChI is InChI=1S/C15H20F3N3O2/c1-10(2)13(11-6-4-3-5-7-11)19-8-12(22)21-14(23)20-9-15(16,17)18/h3-7,10,13,19H,8-9H2,1-2H3,(H2,20,21,22,23)/p+1/t13-/m1/s1. The molecule has 1 aromatic carbocycles. The monoisotopic (exact) mass is 332 g/mol. The summed E-state index contributed by atoms with van der Waals surface area (Å²) in [7, 11) is 0. The Labute approximate surface area is 132 Å². The first-order valence-corrected chi connectivity index (χ1v) is 7.21. The minimum atomic E-state index is -4.51. The Morgan fingerprint density at radius 3 is 2.30 bits per heavy atom. The number of carbonyl (C=O) groups excluding carboxylic acids is 2. The molecule has 0 heterocycles. The van der Waals surface area contributed by atoms with Gasteiger partial charge in [-0.25, -0.2) is 4.79 Å². The van der Waals surface area contributed by atoms with Gasteiger partial charge in [0.05, 0.1) is 0 Å². The van der Waals surface area contributed by atoms with Crippen molar-refractivity contribution in [2.45, 2.75) is 26.1 Å². The normalized spacial score (nSPS) is 12.8. The lowest BCUT2D eigenvalue weighted by Crippen LogP contribution is -2.88. The molecule has 1 aromatic rings. The third kappa shape index (κ3) is 7.64. The molecule has 0 spiro atoms. The van der Waals surface area contributed by atoms with E-state index in [1.54, 1.807) is 10.6 Å². The number of quaternary nitrogens is 1. The van der Waals surface area contributed by atoms with Crippen molar-refractivity contribution in [3.63, 3.8) is 0 Å². The lowest BCUT2D eigenvalue weighted by molar-refractivity contribution is -0.692. The highest BCUT2D eigenvalue weighted by Gasteiger charge is 2.28. The highest BCUT2D eigenvalue weighted by atomic mass is 19.4. The van der Waals surface area contributed by atoms with Crippen molar-refractivity contribution < 1.29 is 28.1 Å². The minimum Gasteiger partial charge on any atom is -0.332 e. The molecule has 1 atom stereocenters. The van der Waals surface area contributed by atoms with Gasteiger partial charge in [-0.2, -0.15) is 13.2 Å². The Balaban J connectivity index is 2.46. The Bertz CT molecular complexity index is 518. The van der Waals surface area contributed by atoms with Crippen molar-refractivity contribution in [1.29, 1.82) is 0 Å². The summed E-state index contributed by atoms with van der Waals surface area (Å²) in [6.45, 7) is 2.47. The van der Waals surface area contributed by atoms with Crippen molar-refractivity contribution in [1.82, 2.24) is 10.6 Å². The number of rotatable bonds is 6. The SMILES string of the molecule is CC(C)[C@@H]([NH2+]CC(=O)NC(=O)NCC(F)(F)F)c1ccccc1. The van der Waals surface area contributed by atoms with Crippen LogP contribution in [0.15, 0.2) is 30.3 Å². The summed E-state index contributed by atoms with van der Waals surface area (Å²) >= 11 is 0. The summed E-state index contributed by atoms with van der Waals surface area (Å²) in [5, 5.41) is 5.22. The van der Waals surface area contributed by atoms with Gasteiger partial charge in [0.1, 0.15) is 12.6 Å². The fourth-order valence-electron chi connectivity index (χ4n) is 2.10. The molecule has 8 heteroatoms. The number of alkyl halides is 3. The Hall–Kier alpha value is -2.09. The van der Waals surface area contributed by atoms with Gasteiger partial charge in [0.15, 0.2) is 6.54 Å². The molecule has 4 N–H and O–H groups in total. The lowest BCUT2D eigenvalue weighted by atomic mass is 9.96. The van der Waals surface area contributed by atoms with Crippen LogP contribution in [0.1, 0.15) is 25.5 Å². The summed E-state index contributed by atoms with van der Waals surface area (Å²) in [4.78, 5) is 22.8. The van der Waals surface area contributed by atoms with Crippen LogP contribution in [0, 0.1) is 5.92 Å². The van der Waals surface area contributed by atoms with E-state index < -0.39 is 24.7 Å². The highest BCUT2D eigenvalue weighted by Crippen LogP contribution is 2.16. The fraction of sp³-hybridized carbons (Fsp3) is 0.467. The quantitative estimate of drug-likeness (QED) is 0.735. The van der Waals surface area contributed by atoms with E-state index in [2.05, 4.69) is 0 Å². The van der Waals surface area contributed by atoms with E-state index in [0.717, 1.165) is 5.56 Å². The van der Waals surface area contributed by atoms with Crippen LogP contribution < -0.4 is 16.0 Å². The van der Waals surface area contributed by atoms with Gasteiger partial charge in [-0.15, -0.1) is 0 Å². The summed E-state index contributed by atoms with van der Waals surface area (Å²) in [5.41, 5.74) is 1.04. The van der Waals surface area contributed by atoms with Crippen molar-refractivity contribution >= 4 is 11.9 Å². The van der Waals surface area contributed by atoms with Gasteiger partial charge >= 0.3 is 12.2 Å². The summed E-state index contributed by atoms with van der Waals surface area (Å²) in [6, 6.07) is 8.41. The zero-order chi connectivity index (χ0) is 17.5. The van der Waals surface area contributed by atoms with Crippen LogP contribution >= 0.6 is 0 Å². The summed E-state index contributed by atoms with van der Waals surface area (Å²) < 4.78 is 35.9. The topological polar surface area (TPSA) is 74.8 Å². The van der Waals surface area contributed by atoms with Crippen LogP contribution in [0.3, 0.4) is 0 Å². The molecule has 23 heavy (non-hydrogen) atoms. The molecule has 0 aliphatic heterocycles. The highest BCUT2D eigenvalue weighted by molar-refractivity contribution is 5.94. The first-order valence-electron chi connectivity index (χ1n) is 7.21. The Kier molecular flexibility index (Phi) is 7.02. The molecular weight excluding hydrogens is 311 g/mol. The molecule has 0 aliphatic carbocycles. The van der Waals surface area contributed by atoms with Gasteiger partial charge in [0.25, 0.3) is 5.91 Å². The first kappa shape index (κ1) is 19.0. The number of amides is 3. The Morgan fingerprint density at radius 1 is 1.17 bits per heavy atom. The number of nitrogens with two attached hydrogens (primary N) is 1. The predicted octanol–water partition coefficient (Wildman–Crippen LogP) is 1.34. The van der Waals surface area contributed by atoms with Crippen molar-refractivity contribution in [3.8, 4) is 0 Å². The molecule has 5 nitrogen and oxygen atoms in total. The average molecular weight is 332 g/mol. The molecule has 0 aromatic heterocycles. The van der Waals surface area contributed by atoms with E-state index in [1.165, 1.54) is 0 Å². The number of nitrogens with one attached hydrogen (secondary N) is 2. The second kappa shape index (κ2) is 8.52. The van der Waals surface area contributed by atoms with Crippen LogP contribution in [-0.2, 0) is 4.79 Å². The molecule has 0 radical (unpaired) electrons. The van der Waals surface area contributed by atoms with E-state index in [4.69, 9.17) is 0 Å². The zero-order valence-corrected chi connectivity index (χ0v) is 13.0. The maximum atomic E-state index is 12.0. The maximum Gasteiger partial charge on any atom is 0.405 e. The Morgan fingerprint density at radius 2 is 1.78 bits per heavy atom. The minimum absolute atomic E-state index is 0.0141. The van der Waals surface area contributed by atoms with Crippen molar-refractivity contribution in [2.24, 2.45) is 5.92 Å². The molecule has 0 bridgehead atoms. The molecule has 0 saturated carbocycles. The second-order valence-corrected chi connectivity index (χ2v) is 5.47. The molecule has 1 rings (SSSR count). The van der Waals surface area contributed by atoms with Crippen LogP contribution in [-0.4, -0.2) is 31.2 Å². The van der Waals surface area contributed by atoms with Crippen LogP contribution in [0.4, 0.5) is 18.0 Å². The lowest BCUT2D eigenvalue weighted by Gasteiger charge is -2.19. The van der Waals surface area contributed by atoms with Gasteiger partial charge in [-0.3, -0.25) is 10.1 Å². The third-order valence-corrected chi connectivity index (χ3v) is 3.16. The molecule has 3 amide bonds. The summed E-state index contributed by atoms with van der Waals surface area (Å²) in [5.74, 6) is -0.407. The van der Waals surface area contributed by atoms with Gasteiger partial charge in [-0.1, -0.05) is 44.2 Å². The van der Waals surface area contributed by atoms with Crippen LogP contribution in [0.5, 0.6) is 0 Å². The molecule has 128 valence electrons. The van der Waals surface area contributed by atoms with Crippen LogP contribution in [0.2, 0.25) is 0 Å². The van der Waals surface area contributed by atoms with E-state index in [1.807, 2.05) is 49.5 Å². The zero-order valence-electron chi connectivity index (χ0n) is 13.0. The van der Waals surface area contributed by atoms with E-state index in [-0.39, 0.29) is 18.5 Å². The maximum absolute atomic E-state index is 12.0. The molecule has 0 fully saturated rings. The van der Waals surface area contributed by atoms with E-state index >= 15 is 0 Å².